The predicted octanol–water partition coefficient (Wildman–Crippen LogP) is 4.34. The second-order valence-electron chi connectivity index (χ2n) is 6.66. The SMILES string of the molecule is CCCCN(C)C(=O)C1CCC(C(=O)Nc2cccc(Cl)c2)CC1. The highest BCUT2D eigenvalue weighted by Gasteiger charge is 2.31. The van der Waals surface area contributed by atoms with Crippen LogP contribution in [0.5, 0.6) is 0 Å². The van der Waals surface area contributed by atoms with E-state index in [2.05, 4.69) is 12.2 Å². The molecule has 0 radical (unpaired) electrons. The van der Waals surface area contributed by atoms with E-state index < -0.39 is 0 Å². The molecule has 1 aliphatic rings. The summed E-state index contributed by atoms with van der Waals surface area (Å²) in [4.78, 5) is 26.6. The van der Waals surface area contributed by atoms with Crippen molar-refractivity contribution in [2.45, 2.75) is 45.4 Å². The van der Waals surface area contributed by atoms with Gasteiger partial charge in [-0.1, -0.05) is 31.0 Å². The lowest BCUT2D eigenvalue weighted by molar-refractivity contribution is -0.136. The van der Waals surface area contributed by atoms with Gasteiger partial charge < -0.3 is 10.2 Å². The topological polar surface area (TPSA) is 49.4 Å². The standard InChI is InChI=1S/C19H27ClN2O2/c1-3-4-12-22(2)19(24)15-10-8-14(9-11-15)18(23)21-17-7-5-6-16(20)13-17/h5-7,13-15H,3-4,8-12H2,1-2H3,(H,21,23). The summed E-state index contributed by atoms with van der Waals surface area (Å²) in [5.74, 6) is 0.315. The molecule has 24 heavy (non-hydrogen) atoms. The van der Waals surface area contributed by atoms with Crippen LogP contribution in [0.4, 0.5) is 5.69 Å². The maximum Gasteiger partial charge on any atom is 0.227 e. The number of halogens is 1. The molecule has 0 aromatic heterocycles. The minimum Gasteiger partial charge on any atom is -0.346 e. The third-order valence-corrected chi connectivity index (χ3v) is 5.00. The van der Waals surface area contributed by atoms with Gasteiger partial charge in [0.15, 0.2) is 0 Å². The average molecular weight is 351 g/mol. The zero-order valence-electron chi connectivity index (χ0n) is 14.6. The van der Waals surface area contributed by atoms with Gasteiger partial charge in [0.1, 0.15) is 0 Å². The predicted molar refractivity (Wildman–Crippen MR) is 98.1 cm³/mol. The first-order chi connectivity index (χ1) is 11.5. The summed E-state index contributed by atoms with van der Waals surface area (Å²) in [6.07, 6.45) is 5.26. The number of hydrogen-bond acceptors (Lipinski definition) is 2. The largest absolute Gasteiger partial charge is 0.346 e. The van der Waals surface area contributed by atoms with Crippen LogP contribution in [0.1, 0.15) is 45.4 Å². The van der Waals surface area contributed by atoms with Crippen LogP contribution in [0.25, 0.3) is 0 Å². The number of unbranched alkanes of at least 4 members (excludes halogenated alkanes) is 1. The molecule has 0 bridgehead atoms. The van der Waals surface area contributed by atoms with Crippen molar-refractivity contribution in [1.82, 2.24) is 4.90 Å². The van der Waals surface area contributed by atoms with E-state index in [0.29, 0.717) is 5.02 Å². The highest BCUT2D eigenvalue weighted by Crippen LogP contribution is 2.31. The van der Waals surface area contributed by atoms with Gasteiger partial charge in [0.05, 0.1) is 0 Å². The highest BCUT2D eigenvalue weighted by molar-refractivity contribution is 6.30. The Morgan fingerprint density at radius 1 is 1.21 bits per heavy atom. The molecule has 1 aliphatic carbocycles. The quantitative estimate of drug-likeness (QED) is 0.829. The maximum atomic E-state index is 12.4. The Morgan fingerprint density at radius 3 is 2.50 bits per heavy atom. The molecular formula is C19H27ClN2O2. The van der Waals surface area contributed by atoms with Crippen molar-refractivity contribution in [2.75, 3.05) is 18.9 Å². The highest BCUT2D eigenvalue weighted by atomic mass is 35.5. The Balaban J connectivity index is 1.81. The number of carbonyl (C=O) groups excluding carboxylic acids is 2. The number of rotatable bonds is 6. The first kappa shape index (κ1) is 18.8. The molecule has 5 heteroatoms. The molecule has 1 saturated carbocycles. The Morgan fingerprint density at radius 2 is 1.88 bits per heavy atom. The molecule has 4 nitrogen and oxygen atoms in total. The zero-order chi connectivity index (χ0) is 17.5. The lowest BCUT2D eigenvalue weighted by Gasteiger charge is -2.30. The number of nitrogens with zero attached hydrogens (tertiary/aromatic N) is 1. The number of amides is 2. The smallest absolute Gasteiger partial charge is 0.227 e. The molecule has 1 aromatic carbocycles. The van der Waals surface area contributed by atoms with Crippen LogP contribution in [0.15, 0.2) is 24.3 Å². The van der Waals surface area contributed by atoms with Crippen LogP contribution in [0, 0.1) is 11.8 Å². The van der Waals surface area contributed by atoms with E-state index in [0.717, 1.165) is 50.8 Å². The van der Waals surface area contributed by atoms with Gasteiger partial charge in [0, 0.05) is 36.1 Å². The summed E-state index contributed by atoms with van der Waals surface area (Å²) in [6.45, 7) is 2.95. The zero-order valence-corrected chi connectivity index (χ0v) is 15.3. The fraction of sp³-hybridized carbons (Fsp3) is 0.579. The van der Waals surface area contributed by atoms with E-state index in [9.17, 15) is 9.59 Å². The molecule has 0 atom stereocenters. The van der Waals surface area contributed by atoms with Crippen molar-refractivity contribution in [1.29, 1.82) is 0 Å². The lowest BCUT2D eigenvalue weighted by Crippen LogP contribution is -2.37. The van der Waals surface area contributed by atoms with Gasteiger partial charge in [-0.15, -0.1) is 0 Å². The second-order valence-corrected chi connectivity index (χ2v) is 7.10. The molecule has 0 saturated heterocycles. The summed E-state index contributed by atoms with van der Waals surface area (Å²) < 4.78 is 0. The van der Waals surface area contributed by atoms with Crippen molar-refractivity contribution in [3.05, 3.63) is 29.3 Å². The van der Waals surface area contributed by atoms with Crippen LogP contribution < -0.4 is 5.32 Å². The first-order valence-corrected chi connectivity index (χ1v) is 9.20. The Labute approximate surface area is 149 Å². The second kappa shape index (κ2) is 9.07. The third kappa shape index (κ3) is 5.23. The minimum absolute atomic E-state index is 0.0195. The van der Waals surface area contributed by atoms with Crippen molar-refractivity contribution in [3.8, 4) is 0 Å². The third-order valence-electron chi connectivity index (χ3n) is 4.76. The van der Waals surface area contributed by atoms with Crippen LogP contribution in [-0.4, -0.2) is 30.3 Å². The van der Waals surface area contributed by atoms with E-state index in [1.165, 1.54) is 0 Å². The molecule has 132 valence electrons. The first-order valence-electron chi connectivity index (χ1n) is 8.82. The summed E-state index contributed by atoms with van der Waals surface area (Å²) in [6, 6.07) is 7.18. The van der Waals surface area contributed by atoms with Gasteiger partial charge >= 0.3 is 0 Å². The molecule has 1 N–H and O–H groups in total. The summed E-state index contributed by atoms with van der Waals surface area (Å²) in [7, 11) is 1.88. The van der Waals surface area contributed by atoms with E-state index in [4.69, 9.17) is 11.6 Å². The molecule has 0 unspecified atom stereocenters. The molecule has 2 amide bonds. The number of nitrogens with one attached hydrogen (secondary N) is 1. The molecule has 0 heterocycles. The average Bonchev–Trinajstić information content (AvgIpc) is 2.59. The fourth-order valence-electron chi connectivity index (χ4n) is 3.23. The number of anilines is 1. The van der Waals surface area contributed by atoms with E-state index >= 15 is 0 Å². The normalized spacial score (nSPS) is 20.5. The Bertz CT molecular complexity index is 568. The van der Waals surface area contributed by atoms with E-state index in [1.807, 2.05) is 24.1 Å². The molecule has 1 aromatic rings. The van der Waals surface area contributed by atoms with Crippen LogP contribution >= 0.6 is 11.6 Å². The van der Waals surface area contributed by atoms with Gasteiger partial charge in [0.25, 0.3) is 0 Å². The summed E-state index contributed by atoms with van der Waals surface area (Å²) in [5.41, 5.74) is 0.727. The number of carbonyl (C=O) groups is 2. The maximum absolute atomic E-state index is 12.4. The van der Waals surface area contributed by atoms with Gasteiger partial charge in [-0.05, 0) is 50.3 Å². The van der Waals surface area contributed by atoms with Gasteiger partial charge in [0.2, 0.25) is 11.8 Å². The van der Waals surface area contributed by atoms with Crippen molar-refractivity contribution >= 4 is 29.1 Å². The Kier molecular flexibility index (Phi) is 7.10. The van der Waals surface area contributed by atoms with Gasteiger partial charge in [-0.25, -0.2) is 0 Å². The summed E-state index contributed by atoms with van der Waals surface area (Å²) >= 11 is 5.94. The van der Waals surface area contributed by atoms with Gasteiger partial charge in [-0.3, -0.25) is 9.59 Å². The molecule has 1 fully saturated rings. The van der Waals surface area contributed by atoms with Crippen LogP contribution in [0.3, 0.4) is 0 Å². The van der Waals surface area contributed by atoms with E-state index in [-0.39, 0.29) is 23.7 Å². The summed E-state index contributed by atoms with van der Waals surface area (Å²) in [5, 5.41) is 3.54. The van der Waals surface area contributed by atoms with Crippen LogP contribution in [-0.2, 0) is 9.59 Å². The van der Waals surface area contributed by atoms with E-state index in [1.54, 1.807) is 12.1 Å². The van der Waals surface area contributed by atoms with Crippen molar-refractivity contribution in [2.24, 2.45) is 11.8 Å². The van der Waals surface area contributed by atoms with Crippen molar-refractivity contribution < 1.29 is 9.59 Å². The van der Waals surface area contributed by atoms with Gasteiger partial charge in [-0.2, -0.15) is 0 Å². The lowest BCUT2D eigenvalue weighted by atomic mass is 9.81. The molecule has 0 spiro atoms. The molecule has 2 rings (SSSR count). The fourth-order valence-corrected chi connectivity index (χ4v) is 3.42. The van der Waals surface area contributed by atoms with Crippen LogP contribution in [0.2, 0.25) is 5.02 Å². The minimum atomic E-state index is -0.0195. The number of hydrogen-bond donors (Lipinski definition) is 1. The monoisotopic (exact) mass is 350 g/mol. The molecular weight excluding hydrogens is 324 g/mol. The number of benzene rings is 1. The van der Waals surface area contributed by atoms with Crippen molar-refractivity contribution in [3.63, 3.8) is 0 Å². The molecule has 0 aliphatic heterocycles. The Hall–Kier alpha value is -1.55.